The number of β-amino-alcohol motifs (C(OH)–C–C–N with tert-alkyl or cyclic N) is 1. The Balaban J connectivity index is 1.15. The molecule has 11 heteroatoms. The Hall–Kier alpha value is -4.48. The van der Waals surface area contributed by atoms with Gasteiger partial charge in [-0.25, -0.2) is 9.78 Å². The summed E-state index contributed by atoms with van der Waals surface area (Å²) in [5, 5.41) is 25.3. The van der Waals surface area contributed by atoms with Gasteiger partial charge in [-0.05, 0) is 65.2 Å². The number of hydrogen-bond acceptors (Lipinski definition) is 9. The molecule has 2 N–H and O–H groups in total. The van der Waals surface area contributed by atoms with Gasteiger partial charge in [0.25, 0.3) is 5.91 Å². The fraction of sp³-hybridized carbons (Fsp3) is 0.310. The second kappa shape index (κ2) is 10.6. The monoisotopic (exact) mass is 539 g/mol. The van der Waals surface area contributed by atoms with Crippen LogP contribution in [0.15, 0.2) is 67.1 Å². The number of rotatable bonds is 8. The maximum absolute atomic E-state index is 13.1. The van der Waals surface area contributed by atoms with Crippen LogP contribution in [0.5, 0.6) is 0 Å². The fourth-order valence-corrected chi connectivity index (χ4v) is 5.73. The van der Waals surface area contributed by atoms with E-state index < -0.39 is 6.10 Å². The second-order valence-corrected chi connectivity index (χ2v) is 10.4. The number of nitrogens with zero attached hydrogens (tertiary/aromatic N) is 6. The van der Waals surface area contributed by atoms with Crippen LogP contribution in [-0.4, -0.2) is 73.3 Å². The minimum atomic E-state index is -0.716. The summed E-state index contributed by atoms with van der Waals surface area (Å²) in [6.07, 6.45) is 3.06. The second-order valence-electron chi connectivity index (χ2n) is 10.4. The molecule has 204 valence electrons. The molecule has 2 aromatic carbocycles. The first-order valence-electron chi connectivity index (χ1n) is 13.2. The molecule has 40 heavy (non-hydrogen) atoms. The molecular weight excluding hydrogens is 510 g/mol. The molecule has 2 atom stereocenters. The molecule has 4 aromatic rings. The quantitative estimate of drug-likeness (QED) is 0.323. The van der Waals surface area contributed by atoms with Crippen molar-refractivity contribution in [1.82, 2.24) is 35.4 Å². The Kier molecular flexibility index (Phi) is 6.82. The molecule has 2 aliphatic rings. The molecule has 2 aliphatic heterocycles. The summed E-state index contributed by atoms with van der Waals surface area (Å²) in [5.74, 6) is -0.00673. The zero-order chi connectivity index (χ0) is 27.7. The zero-order valence-electron chi connectivity index (χ0n) is 22.0. The molecule has 0 aliphatic carbocycles. The molecule has 2 aromatic heterocycles. The Bertz CT molecular complexity index is 1530. The standard InChI is InChI=1S/C29H29N7O4/c1-19-22(8-9-23-24(19)15-40-28(23)39)25(37)14-35-12-11-29(17-35,21-5-3-2-4-6-21)16-31-27(38)20-7-10-26(30-13-20)36-18-32-33-34-36/h2-10,13,18,25,37H,11-12,14-17H2,1H3,(H,31,38)/t25-,29+/m0/s1. The minimum absolute atomic E-state index is 0.213. The summed E-state index contributed by atoms with van der Waals surface area (Å²) < 4.78 is 6.59. The number of cyclic esters (lactones) is 1. The van der Waals surface area contributed by atoms with Gasteiger partial charge in [-0.2, -0.15) is 4.68 Å². The van der Waals surface area contributed by atoms with Crippen molar-refractivity contribution in [2.45, 2.75) is 31.5 Å². The lowest BCUT2D eigenvalue weighted by atomic mass is 9.79. The summed E-state index contributed by atoms with van der Waals surface area (Å²) in [6.45, 7) is 4.51. The van der Waals surface area contributed by atoms with E-state index in [1.54, 1.807) is 18.2 Å². The number of hydrogen-bond donors (Lipinski definition) is 2. The van der Waals surface area contributed by atoms with E-state index in [1.807, 2.05) is 31.2 Å². The highest BCUT2D eigenvalue weighted by molar-refractivity contribution is 5.94. The number of aliphatic hydroxyl groups excluding tert-OH is 1. The topological polar surface area (TPSA) is 135 Å². The lowest BCUT2D eigenvalue weighted by Crippen LogP contribution is -2.43. The number of carbonyl (C=O) groups is 2. The highest BCUT2D eigenvalue weighted by Gasteiger charge is 2.40. The number of amides is 1. The minimum Gasteiger partial charge on any atom is -0.457 e. The van der Waals surface area contributed by atoms with Crippen LogP contribution in [0.2, 0.25) is 0 Å². The van der Waals surface area contributed by atoms with Gasteiger partial charge in [-0.1, -0.05) is 36.4 Å². The maximum atomic E-state index is 13.1. The van der Waals surface area contributed by atoms with Gasteiger partial charge in [-0.15, -0.1) is 5.10 Å². The number of ether oxygens (including phenoxy) is 1. The van der Waals surface area contributed by atoms with Gasteiger partial charge in [0.1, 0.15) is 12.9 Å². The first-order valence-corrected chi connectivity index (χ1v) is 13.2. The molecular formula is C29H29N7O4. The van der Waals surface area contributed by atoms with Crippen LogP contribution < -0.4 is 5.32 Å². The molecule has 0 bridgehead atoms. The predicted molar refractivity (Wildman–Crippen MR) is 144 cm³/mol. The average molecular weight is 540 g/mol. The van der Waals surface area contributed by atoms with E-state index in [9.17, 15) is 14.7 Å². The maximum Gasteiger partial charge on any atom is 0.338 e. The van der Waals surface area contributed by atoms with E-state index in [2.05, 4.69) is 42.9 Å². The van der Waals surface area contributed by atoms with Crippen molar-refractivity contribution >= 4 is 11.9 Å². The number of carbonyl (C=O) groups excluding carboxylic acids is 2. The smallest absolute Gasteiger partial charge is 0.338 e. The Morgan fingerprint density at radius 1 is 1.18 bits per heavy atom. The van der Waals surface area contributed by atoms with Crippen LogP contribution in [0.25, 0.3) is 5.82 Å². The fourth-order valence-electron chi connectivity index (χ4n) is 5.73. The van der Waals surface area contributed by atoms with E-state index in [-0.39, 0.29) is 23.9 Å². The zero-order valence-corrected chi connectivity index (χ0v) is 22.0. The average Bonchev–Trinajstić information content (AvgIpc) is 3.74. The highest BCUT2D eigenvalue weighted by atomic mass is 16.5. The van der Waals surface area contributed by atoms with Crippen molar-refractivity contribution in [3.05, 3.63) is 101 Å². The molecule has 0 radical (unpaired) electrons. The van der Waals surface area contributed by atoms with Gasteiger partial charge in [0, 0.05) is 36.8 Å². The number of tetrazole rings is 1. The highest BCUT2D eigenvalue weighted by Crippen LogP contribution is 2.36. The first kappa shape index (κ1) is 25.8. The number of benzene rings is 2. The van der Waals surface area contributed by atoms with Gasteiger partial charge >= 0.3 is 5.97 Å². The number of fused-ring (bicyclic) bond motifs is 1. The van der Waals surface area contributed by atoms with Crippen molar-refractivity contribution in [3.63, 3.8) is 0 Å². The Morgan fingerprint density at radius 2 is 2.02 bits per heavy atom. The van der Waals surface area contributed by atoms with Crippen LogP contribution in [-0.2, 0) is 16.8 Å². The lowest BCUT2D eigenvalue weighted by molar-refractivity contribution is 0.0534. The normalized spacial score (nSPS) is 19.3. The van der Waals surface area contributed by atoms with Gasteiger partial charge in [0.05, 0.1) is 17.2 Å². The lowest BCUT2D eigenvalue weighted by Gasteiger charge is -2.31. The van der Waals surface area contributed by atoms with Crippen molar-refractivity contribution in [3.8, 4) is 5.82 Å². The number of likely N-dealkylation sites (tertiary alicyclic amines) is 1. The third-order valence-corrected chi connectivity index (χ3v) is 8.00. The molecule has 1 fully saturated rings. The predicted octanol–water partition coefficient (Wildman–Crippen LogP) is 2.14. The Labute approximate surface area is 230 Å². The van der Waals surface area contributed by atoms with Crippen molar-refractivity contribution in [2.75, 3.05) is 26.2 Å². The van der Waals surface area contributed by atoms with Crippen LogP contribution >= 0.6 is 0 Å². The number of esters is 1. The van der Waals surface area contributed by atoms with Crippen LogP contribution in [0.4, 0.5) is 0 Å². The van der Waals surface area contributed by atoms with Gasteiger partial charge < -0.3 is 15.2 Å². The summed E-state index contributed by atoms with van der Waals surface area (Å²) in [7, 11) is 0. The van der Waals surface area contributed by atoms with Crippen molar-refractivity contribution < 1.29 is 19.4 Å². The van der Waals surface area contributed by atoms with Crippen molar-refractivity contribution in [1.29, 1.82) is 0 Å². The largest absolute Gasteiger partial charge is 0.457 e. The molecule has 1 amide bonds. The van der Waals surface area contributed by atoms with Crippen molar-refractivity contribution in [2.24, 2.45) is 0 Å². The molecule has 11 nitrogen and oxygen atoms in total. The SMILES string of the molecule is Cc1c([C@@H](O)CN2CC[C@](CNC(=O)c3ccc(-n4cnnn4)nc3)(c3ccccc3)C2)ccc2c1COC2=O. The van der Waals surface area contributed by atoms with E-state index in [1.165, 1.54) is 17.2 Å². The molecule has 1 saturated heterocycles. The molecule has 0 unspecified atom stereocenters. The molecule has 4 heterocycles. The molecule has 0 saturated carbocycles. The number of nitrogens with one attached hydrogen (secondary N) is 1. The summed E-state index contributed by atoms with van der Waals surface area (Å²) >= 11 is 0. The van der Waals surface area contributed by atoms with Gasteiger partial charge in [-0.3, -0.25) is 9.69 Å². The van der Waals surface area contributed by atoms with E-state index in [0.717, 1.165) is 35.2 Å². The summed E-state index contributed by atoms with van der Waals surface area (Å²) in [4.78, 5) is 31.5. The molecule has 6 rings (SSSR count). The third kappa shape index (κ3) is 4.85. The number of aliphatic hydroxyl groups is 1. The van der Waals surface area contributed by atoms with E-state index in [0.29, 0.717) is 36.6 Å². The number of aromatic nitrogens is 5. The first-order chi connectivity index (χ1) is 19.4. The van der Waals surface area contributed by atoms with E-state index >= 15 is 0 Å². The van der Waals surface area contributed by atoms with Crippen LogP contribution in [0, 0.1) is 6.92 Å². The van der Waals surface area contributed by atoms with Gasteiger partial charge in [0.15, 0.2) is 5.82 Å². The van der Waals surface area contributed by atoms with Crippen LogP contribution in [0.1, 0.15) is 55.5 Å². The third-order valence-electron chi connectivity index (χ3n) is 8.00. The number of pyridine rings is 1. The van der Waals surface area contributed by atoms with Crippen LogP contribution in [0.3, 0.4) is 0 Å². The summed E-state index contributed by atoms with van der Waals surface area (Å²) in [5.41, 5.74) is 4.41. The summed E-state index contributed by atoms with van der Waals surface area (Å²) in [6, 6.07) is 17.1. The molecule has 0 spiro atoms. The Morgan fingerprint density at radius 3 is 2.77 bits per heavy atom. The van der Waals surface area contributed by atoms with E-state index in [4.69, 9.17) is 4.74 Å². The van der Waals surface area contributed by atoms with Gasteiger partial charge in [0.2, 0.25) is 0 Å².